The van der Waals surface area contributed by atoms with E-state index < -0.39 is 0 Å². The Morgan fingerprint density at radius 3 is 2.64 bits per heavy atom. The van der Waals surface area contributed by atoms with Crippen molar-refractivity contribution in [2.24, 2.45) is 0 Å². The van der Waals surface area contributed by atoms with Crippen LogP contribution in [0.3, 0.4) is 0 Å². The molecule has 0 radical (unpaired) electrons. The molecule has 1 aliphatic heterocycles. The van der Waals surface area contributed by atoms with E-state index in [1.807, 2.05) is 0 Å². The molecule has 0 saturated carbocycles. The second-order valence-electron chi connectivity index (χ2n) is 6.27. The first-order chi connectivity index (χ1) is 10.5. The number of methoxy groups -OCH3 is 1. The van der Waals surface area contributed by atoms with Gasteiger partial charge in [-0.25, -0.2) is 0 Å². The zero-order chi connectivity index (χ0) is 15.9. The fourth-order valence-corrected chi connectivity index (χ4v) is 3.69. The standard InChI is InChI=1S/C19H22ClNO/c1-12-5-6-14(8-19(12)22-4)18-11-21(3)10-17-13(2)7-15(20)9-16(17)18/h5-9,18H,10-11H2,1-4H3. The predicted molar refractivity (Wildman–Crippen MR) is 92.1 cm³/mol. The van der Waals surface area contributed by atoms with Crippen LogP contribution in [-0.4, -0.2) is 25.6 Å². The molecule has 0 aromatic heterocycles. The van der Waals surface area contributed by atoms with Crippen LogP contribution in [0, 0.1) is 13.8 Å². The molecule has 1 aliphatic rings. The zero-order valence-electron chi connectivity index (χ0n) is 13.6. The summed E-state index contributed by atoms with van der Waals surface area (Å²) in [5, 5.41) is 0.824. The Morgan fingerprint density at radius 2 is 1.91 bits per heavy atom. The lowest BCUT2D eigenvalue weighted by Gasteiger charge is -2.34. The van der Waals surface area contributed by atoms with Crippen LogP contribution in [0.1, 0.15) is 33.7 Å². The van der Waals surface area contributed by atoms with Crippen LogP contribution in [0.2, 0.25) is 5.02 Å². The predicted octanol–water partition coefficient (Wildman–Crippen LogP) is 4.54. The molecule has 3 heteroatoms. The number of halogens is 1. The number of hydrogen-bond donors (Lipinski definition) is 0. The van der Waals surface area contributed by atoms with Gasteiger partial charge in [0.15, 0.2) is 0 Å². The molecule has 0 aliphatic carbocycles. The highest BCUT2D eigenvalue weighted by Gasteiger charge is 2.26. The largest absolute Gasteiger partial charge is 0.496 e. The van der Waals surface area contributed by atoms with Gasteiger partial charge in [-0.15, -0.1) is 0 Å². The second-order valence-corrected chi connectivity index (χ2v) is 6.71. The molecule has 2 aromatic carbocycles. The van der Waals surface area contributed by atoms with Crippen molar-refractivity contribution in [3.8, 4) is 5.75 Å². The number of fused-ring (bicyclic) bond motifs is 1. The van der Waals surface area contributed by atoms with Gasteiger partial charge in [0.2, 0.25) is 0 Å². The molecule has 1 heterocycles. The third-order valence-electron chi connectivity index (χ3n) is 4.60. The highest BCUT2D eigenvalue weighted by Crippen LogP contribution is 2.37. The van der Waals surface area contributed by atoms with Gasteiger partial charge in [0.1, 0.15) is 5.75 Å². The SMILES string of the molecule is COc1cc(C2CN(C)Cc3c(C)cc(Cl)cc32)ccc1C. The van der Waals surface area contributed by atoms with Gasteiger partial charge in [-0.2, -0.15) is 0 Å². The van der Waals surface area contributed by atoms with Gasteiger partial charge >= 0.3 is 0 Å². The number of nitrogens with zero attached hydrogens (tertiary/aromatic N) is 1. The van der Waals surface area contributed by atoms with Gasteiger partial charge in [-0.05, 0) is 66.9 Å². The highest BCUT2D eigenvalue weighted by molar-refractivity contribution is 6.30. The fourth-order valence-electron chi connectivity index (χ4n) is 3.41. The molecule has 116 valence electrons. The van der Waals surface area contributed by atoms with Gasteiger partial charge < -0.3 is 9.64 Å². The number of aryl methyl sites for hydroxylation is 2. The summed E-state index contributed by atoms with van der Waals surface area (Å²) >= 11 is 6.32. The molecule has 0 N–H and O–H groups in total. The molecule has 1 unspecified atom stereocenters. The van der Waals surface area contributed by atoms with Crippen molar-refractivity contribution in [2.45, 2.75) is 26.3 Å². The molecular formula is C19H22ClNO. The maximum Gasteiger partial charge on any atom is 0.122 e. The Bertz CT molecular complexity index is 711. The van der Waals surface area contributed by atoms with E-state index in [1.165, 1.54) is 22.3 Å². The minimum atomic E-state index is 0.334. The van der Waals surface area contributed by atoms with E-state index in [-0.39, 0.29) is 0 Å². The molecule has 0 fully saturated rings. The number of likely N-dealkylation sites (N-methyl/N-ethyl adjacent to an activating group) is 1. The molecule has 0 amide bonds. The van der Waals surface area contributed by atoms with Crippen LogP contribution in [-0.2, 0) is 6.54 Å². The van der Waals surface area contributed by atoms with Crippen molar-refractivity contribution < 1.29 is 4.74 Å². The van der Waals surface area contributed by atoms with E-state index in [9.17, 15) is 0 Å². The molecule has 1 atom stereocenters. The van der Waals surface area contributed by atoms with E-state index in [1.54, 1.807) is 7.11 Å². The fraction of sp³-hybridized carbons (Fsp3) is 0.368. The second kappa shape index (κ2) is 5.94. The first-order valence-electron chi connectivity index (χ1n) is 7.61. The van der Waals surface area contributed by atoms with E-state index in [0.717, 1.165) is 29.4 Å². The topological polar surface area (TPSA) is 12.5 Å². The summed E-state index contributed by atoms with van der Waals surface area (Å²) in [5.74, 6) is 1.28. The monoisotopic (exact) mass is 315 g/mol. The Morgan fingerprint density at radius 1 is 1.14 bits per heavy atom. The molecule has 22 heavy (non-hydrogen) atoms. The van der Waals surface area contributed by atoms with E-state index in [2.05, 4.69) is 56.1 Å². The summed E-state index contributed by atoms with van der Waals surface area (Å²) in [5.41, 5.74) is 6.49. The van der Waals surface area contributed by atoms with Gasteiger partial charge in [-0.1, -0.05) is 23.7 Å². The van der Waals surface area contributed by atoms with Crippen LogP contribution in [0.15, 0.2) is 30.3 Å². The first-order valence-corrected chi connectivity index (χ1v) is 7.99. The van der Waals surface area contributed by atoms with Crippen molar-refractivity contribution in [3.05, 3.63) is 63.2 Å². The summed E-state index contributed by atoms with van der Waals surface area (Å²) in [6.07, 6.45) is 0. The summed E-state index contributed by atoms with van der Waals surface area (Å²) in [6.45, 7) is 6.21. The number of benzene rings is 2. The average Bonchev–Trinajstić information content (AvgIpc) is 2.48. The molecule has 3 rings (SSSR count). The average molecular weight is 316 g/mol. The van der Waals surface area contributed by atoms with E-state index >= 15 is 0 Å². The van der Waals surface area contributed by atoms with Gasteiger partial charge in [0.25, 0.3) is 0 Å². The summed E-state index contributed by atoms with van der Waals surface area (Å²) in [4.78, 5) is 2.38. The Labute approximate surface area is 137 Å². The zero-order valence-corrected chi connectivity index (χ0v) is 14.4. The van der Waals surface area contributed by atoms with Crippen molar-refractivity contribution >= 4 is 11.6 Å². The molecule has 0 saturated heterocycles. The lowest BCUT2D eigenvalue weighted by Crippen LogP contribution is -2.31. The lowest BCUT2D eigenvalue weighted by molar-refractivity contribution is 0.294. The summed E-state index contributed by atoms with van der Waals surface area (Å²) < 4.78 is 5.50. The van der Waals surface area contributed by atoms with Gasteiger partial charge in [-0.3, -0.25) is 0 Å². The maximum absolute atomic E-state index is 6.32. The van der Waals surface area contributed by atoms with E-state index in [0.29, 0.717) is 5.92 Å². The maximum atomic E-state index is 6.32. The van der Waals surface area contributed by atoms with Gasteiger partial charge in [0.05, 0.1) is 7.11 Å². The van der Waals surface area contributed by atoms with Crippen molar-refractivity contribution in [3.63, 3.8) is 0 Å². The Kier molecular flexibility index (Phi) is 4.16. The van der Waals surface area contributed by atoms with Crippen LogP contribution < -0.4 is 4.74 Å². The third-order valence-corrected chi connectivity index (χ3v) is 4.82. The minimum Gasteiger partial charge on any atom is -0.496 e. The Balaban J connectivity index is 2.13. The van der Waals surface area contributed by atoms with Crippen LogP contribution in [0.25, 0.3) is 0 Å². The Hall–Kier alpha value is -1.51. The number of ether oxygens (including phenoxy) is 1. The minimum absolute atomic E-state index is 0.334. The first kappa shape index (κ1) is 15.4. The molecule has 0 bridgehead atoms. The summed E-state index contributed by atoms with van der Waals surface area (Å²) in [7, 11) is 3.91. The quantitative estimate of drug-likeness (QED) is 0.806. The van der Waals surface area contributed by atoms with Crippen LogP contribution in [0.5, 0.6) is 5.75 Å². The molecular weight excluding hydrogens is 294 g/mol. The van der Waals surface area contributed by atoms with E-state index in [4.69, 9.17) is 16.3 Å². The number of hydrogen-bond acceptors (Lipinski definition) is 2. The molecule has 2 aromatic rings. The molecule has 2 nitrogen and oxygen atoms in total. The van der Waals surface area contributed by atoms with Crippen molar-refractivity contribution in [1.82, 2.24) is 4.90 Å². The molecule has 0 spiro atoms. The highest BCUT2D eigenvalue weighted by atomic mass is 35.5. The lowest BCUT2D eigenvalue weighted by atomic mass is 9.83. The summed E-state index contributed by atoms with van der Waals surface area (Å²) in [6, 6.07) is 10.7. The van der Waals surface area contributed by atoms with Crippen molar-refractivity contribution in [1.29, 1.82) is 0 Å². The number of rotatable bonds is 2. The smallest absolute Gasteiger partial charge is 0.122 e. The van der Waals surface area contributed by atoms with Crippen molar-refractivity contribution in [2.75, 3.05) is 20.7 Å². The van der Waals surface area contributed by atoms with Gasteiger partial charge in [0, 0.05) is 24.0 Å². The van der Waals surface area contributed by atoms with Crippen LogP contribution >= 0.6 is 11.6 Å². The third kappa shape index (κ3) is 2.73. The normalized spacial score (nSPS) is 18.1. The van der Waals surface area contributed by atoms with Crippen LogP contribution in [0.4, 0.5) is 0 Å².